The second kappa shape index (κ2) is 5.96. The first kappa shape index (κ1) is 13.0. The normalized spacial score (nSPS) is 10.3. The summed E-state index contributed by atoms with van der Waals surface area (Å²) in [6, 6.07) is 11.4. The number of hydrogen-bond donors (Lipinski definition) is 1. The fourth-order valence-electron chi connectivity index (χ4n) is 1.81. The van der Waals surface area contributed by atoms with Crippen LogP contribution in [0.3, 0.4) is 0 Å². The zero-order valence-electron chi connectivity index (χ0n) is 11.1. The van der Waals surface area contributed by atoms with E-state index in [4.69, 9.17) is 4.52 Å². The molecule has 0 aliphatic heterocycles. The standard InChI is InChI=1S/C15H12N4O2/c20-15(13-10-16-6-7-17-13)18-9-12-8-14(21-19-12)11-4-2-1-3-5-11/h1-8,10H,9H2,(H,18,20). The van der Waals surface area contributed by atoms with Gasteiger partial charge in [0.1, 0.15) is 11.4 Å². The van der Waals surface area contributed by atoms with Gasteiger partial charge in [0, 0.05) is 24.0 Å². The third-order valence-corrected chi connectivity index (χ3v) is 2.84. The highest BCUT2D eigenvalue weighted by Gasteiger charge is 2.10. The molecule has 0 bridgehead atoms. The van der Waals surface area contributed by atoms with E-state index >= 15 is 0 Å². The largest absolute Gasteiger partial charge is 0.356 e. The van der Waals surface area contributed by atoms with Crippen LogP contribution in [0.2, 0.25) is 0 Å². The van der Waals surface area contributed by atoms with Gasteiger partial charge in [-0.15, -0.1) is 0 Å². The van der Waals surface area contributed by atoms with Gasteiger partial charge in [-0.1, -0.05) is 35.5 Å². The highest BCUT2D eigenvalue weighted by molar-refractivity contribution is 5.91. The lowest BCUT2D eigenvalue weighted by Crippen LogP contribution is -2.23. The van der Waals surface area contributed by atoms with Crippen molar-refractivity contribution in [2.75, 3.05) is 0 Å². The molecule has 1 aromatic carbocycles. The Hall–Kier alpha value is -3.02. The van der Waals surface area contributed by atoms with Crippen LogP contribution < -0.4 is 5.32 Å². The molecule has 0 fully saturated rings. The van der Waals surface area contributed by atoms with Crippen LogP contribution in [0.15, 0.2) is 59.5 Å². The first-order valence-electron chi connectivity index (χ1n) is 6.38. The van der Waals surface area contributed by atoms with Gasteiger partial charge >= 0.3 is 0 Å². The minimum absolute atomic E-state index is 0.268. The predicted molar refractivity (Wildman–Crippen MR) is 75.1 cm³/mol. The summed E-state index contributed by atoms with van der Waals surface area (Å²) in [5.41, 5.74) is 1.85. The molecule has 6 heteroatoms. The Morgan fingerprint density at radius 3 is 2.81 bits per heavy atom. The average Bonchev–Trinajstić information content (AvgIpc) is 3.03. The van der Waals surface area contributed by atoms with Crippen LogP contribution in [0, 0.1) is 0 Å². The minimum atomic E-state index is -0.299. The van der Waals surface area contributed by atoms with Gasteiger partial charge in [-0.2, -0.15) is 0 Å². The molecule has 0 radical (unpaired) electrons. The fraction of sp³-hybridized carbons (Fsp3) is 0.0667. The summed E-state index contributed by atoms with van der Waals surface area (Å²) in [5, 5.41) is 6.65. The van der Waals surface area contributed by atoms with Crippen molar-refractivity contribution in [3.05, 3.63) is 66.4 Å². The molecule has 6 nitrogen and oxygen atoms in total. The van der Waals surface area contributed by atoms with E-state index in [-0.39, 0.29) is 18.1 Å². The Kier molecular flexibility index (Phi) is 3.68. The third-order valence-electron chi connectivity index (χ3n) is 2.84. The zero-order valence-corrected chi connectivity index (χ0v) is 11.1. The smallest absolute Gasteiger partial charge is 0.271 e. The first-order valence-corrected chi connectivity index (χ1v) is 6.38. The molecule has 104 valence electrons. The number of nitrogens with one attached hydrogen (secondary N) is 1. The van der Waals surface area contributed by atoms with Crippen molar-refractivity contribution in [3.8, 4) is 11.3 Å². The van der Waals surface area contributed by atoms with Crippen LogP contribution in [0.1, 0.15) is 16.2 Å². The lowest BCUT2D eigenvalue weighted by molar-refractivity contribution is 0.0944. The number of carbonyl (C=O) groups is 1. The van der Waals surface area contributed by atoms with Crippen LogP contribution in [0.25, 0.3) is 11.3 Å². The summed E-state index contributed by atoms with van der Waals surface area (Å²) in [6.07, 6.45) is 4.40. The third kappa shape index (κ3) is 3.11. The van der Waals surface area contributed by atoms with Gasteiger partial charge in [0.15, 0.2) is 5.76 Å². The molecule has 0 unspecified atom stereocenters. The lowest BCUT2D eigenvalue weighted by Gasteiger charge is -2.00. The Morgan fingerprint density at radius 2 is 2.05 bits per heavy atom. The number of nitrogens with zero attached hydrogens (tertiary/aromatic N) is 3. The van der Waals surface area contributed by atoms with Crippen LogP contribution in [0.5, 0.6) is 0 Å². The van der Waals surface area contributed by atoms with Gasteiger partial charge in [0.05, 0.1) is 12.7 Å². The zero-order chi connectivity index (χ0) is 14.5. The second-order valence-electron chi connectivity index (χ2n) is 4.32. The minimum Gasteiger partial charge on any atom is -0.356 e. The van der Waals surface area contributed by atoms with Crippen LogP contribution in [0.4, 0.5) is 0 Å². The molecule has 0 spiro atoms. The predicted octanol–water partition coefficient (Wildman–Crippen LogP) is 2.06. The molecule has 2 heterocycles. The van der Waals surface area contributed by atoms with Gasteiger partial charge < -0.3 is 9.84 Å². The van der Waals surface area contributed by atoms with Gasteiger partial charge in [-0.3, -0.25) is 9.78 Å². The number of benzene rings is 1. The van der Waals surface area contributed by atoms with E-state index in [0.29, 0.717) is 11.5 Å². The molecular formula is C15H12N4O2. The molecule has 21 heavy (non-hydrogen) atoms. The summed E-state index contributed by atoms with van der Waals surface area (Å²) in [4.78, 5) is 19.6. The van der Waals surface area contributed by atoms with Crippen LogP contribution in [-0.2, 0) is 6.54 Å². The summed E-state index contributed by atoms with van der Waals surface area (Å²) in [6.45, 7) is 0.270. The topological polar surface area (TPSA) is 80.9 Å². The van der Waals surface area contributed by atoms with Crippen LogP contribution in [-0.4, -0.2) is 21.0 Å². The van der Waals surface area contributed by atoms with Gasteiger partial charge in [0.25, 0.3) is 5.91 Å². The highest BCUT2D eigenvalue weighted by atomic mass is 16.5. The molecule has 1 amide bonds. The van der Waals surface area contributed by atoms with Crippen molar-refractivity contribution in [1.29, 1.82) is 0 Å². The van der Waals surface area contributed by atoms with Gasteiger partial charge in [-0.25, -0.2) is 4.98 Å². The number of carbonyl (C=O) groups excluding carboxylic acids is 1. The SMILES string of the molecule is O=C(NCc1cc(-c2ccccc2)on1)c1cnccn1. The van der Waals surface area contributed by atoms with Crippen molar-refractivity contribution in [1.82, 2.24) is 20.4 Å². The van der Waals surface area contributed by atoms with Crippen molar-refractivity contribution >= 4 is 5.91 Å². The number of hydrogen-bond acceptors (Lipinski definition) is 5. The number of aromatic nitrogens is 3. The molecule has 3 rings (SSSR count). The molecule has 0 saturated heterocycles. The molecule has 0 aliphatic rings. The Bertz CT molecular complexity index is 726. The number of amides is 1. The van der Waals surface area contributed by atoms with Crippen LogP contribution >= 0.6 is 0 Å². The molecule has 3 aromatic rings. The molecule has 0 saturated carbocycles. The van der Waals surface area contributed by atoms with Crippen molar-refractivity contribution in [2.45, 2.75) is 6.54 Å². The van der Waals surface area contributed by atoms with Crippen molar-refractivity contribution in [3.63, 3.8) is 0 Å². The summed E-state index contributed by atoms with van der Waals surface area (Å²) < 4.78 is 5.26. The molecule has 0 aliphatic carbocycles. The highest BCUT2D eigenvalue weighted by Crippen LogP contribution is 2.19. The Morgan fingerprint density at radius 1 is 1.19 bits per heavy atom. The fourth-order valence-corrected chi connectivity index (χ4v) is 1.81. The van der Waals surface area contributed by atoms with E-state index in [2.05, 4.69) is 20.4 Å². The average molecular weight is 280 g/mol. The van der Waals surface area contributed by atoms with Crippen molar-refractivity contribution < 1.29 is 9.32 Å². The Labute approximate surface area is 120 Å². The summed E-state index contributed by atoms with van der Waals surface area (Å²) >= 11 is 0. The first-order chi connectivity index (χ1) is 10.3. The second-order valence-corrected chi connectivity index (χ2v) is 4.32. The molecule has 1 N–H and O–H groups in total. The van der Waals surface area contributed by atoms with E-state index in [1.54, 1.807) is 6.07 Å². The maximum absolute atomic E-state index is 11.8. The molecule has 2 aromatic heterocycles. The summed E-state index contributed by atoms with van der Waals surface area (Å²) in [7, 11) is 0. The lowest BCUT2D eigenvalue weighted by atomic mass is 10.2. The van der Waals surface area contributed by atoms with Gasteiger partial charge in [-0.05, 0) is 0 Å². The van der Waals surface area contributed by atoms with E-state index in [1.165, 1.54) is 18.6 Å². The van der Waals surface area contributed by atoms with E-state index in [0.717, 1.165) is 5.56 Å². The summed E-state index contributed by atoms with van der Waals surface area (Å²) in [5.74, 6) is 0.367. The quantitative estimate of drug-likeness (QED) is 0.791. The monoisotopic (exact) mass is 280 g/mol. The Balaban J connectivity index is 1.64. The maximum atomic E-state index is 11.8. The van der Waals surface area contributed by atoms with E-state index < -0.39 is 0 Å². The molecule has 0 atom stereocenters. The van der Waals surface area contributed by atoms with Crippen molar-refractivity contribution in [2.24, 2.45) is 0 Å². The number of rotatable bonds is 4. The van der Waals surface area contributed by atoms with E-state index in [1.807, 2.05) is 30.3 Å². The van der Waals surface area contributed by atoms with Gasteiger partial charge in [0.2, 0.25) is 0 Å². The maximum Gasteiger partial charge on any atom is 0.271 e. The van der Waals surface area contributed by atoms with E-state index in [9.17, 15) is 4.79 Å². The molecular weight excluding hydrogens is 268 g/mol.